The van der Waals surface area contributed by atoms with E-state index in [-0.39, 0.29) is 0 Å². The van der Waals surface area contributed by atoms with Crippen molar-refractivity contribution < 1.29 is 0 Å². The fourth-order valence-electron chi connectivity index (χ4n) is 2.06. The summed E-state index contributed by atoms with van der Waals surface area (Å²) >= 11 is 11.8. The first-order chi connectivity index (χ1) is 7.74. The number of pyridine rings is 1. The van der Waals surface area contributed by atoms with E-state index in [1.807, 2.05) is 12.1 Å². The van der Waals surface area contributed by atoms with Crippen LogP contribution in [0.4, 0.5) is 5.82 Å². The Morgan fingerprint density at radius 3 is 2.62 bits per heavy atom. The molecule has 1 saturated carbocycles. The van der Waals surface area contributed by atoms with Gasteiger partial charge in [0.25, 0.3) is 0 Å². The van der Waals surface area contributed by atoms with E-state index < -0.39 is 0 Å². The molecule has 0 radical (unpaired) electrons. The summed E-state index contributed by atoms with van der Waals surface area (Å²) in [6.07, 6.45) is 6.38. The van der Waals surface area contributed by atoms with Gasteiger partial charge in [-0.25, -0.2) is 4.98 Å². The second-order valence-electron chi connectivity index (χ2n) is 4.36. The van der Waals surface area contributed by atoms with Gasteiger partial charge in [0, 0.05) is 18.1 Å². The van der Waals surface area contributed by atoms with E-state index in [1.165, 1.54) is 12.8 Å². The van der Waals surface area contributed by atoms with Gasteiger partial charge in [-0.3, -0.25) is 0 Å². The average Bonchev–Trinajstić information content (AvgIpc) is 2.30. The van der Waals surface area contributed by atoms with Crippen LogP contribution in [0.1, 0.15) is 25.7 Å². The van der Waals surface area contributed by atoms with Gasteiger partial charge < -0.3 is 5.32 Å². The molecule has 88 valence electrons. The van der Waals surface area contributed by atoms with Crippen molar-refractivity contribution in [1.29, 1.82) is 0 Å². The molecule has 2 nitrogen and oxygen atoms in total. The van der Waals surface area contributed by atoms with Crippen molar-refractivity contribution in [1.82, 2.24) is 4.98 Å². The maximum absolute atomic E-state index is 6.07. The maximum atomic E-state index is 6.07. The Labute approximate surface area is 106 Å². The predicted octanol–water partition coefficient (Wildman–Crippen LogP) is 3.94. The SMILES string of the molecule is Clc1ccc(NCC2CCC(Cl)CC2)nc1. The van der Waals surface area contributed by atoms with Crippen molar-refractivity contribution in [2.75, 3.05) is 11.9 Å². The third-order valence-electron chi connectivity index (χ3n) is 3.08. The quantitative estimate of drug-likeness (QED) is 0.831. The lowest BCUT2D eigenvalue weighted by atomic mass is 9.89. The van der Waals surface area contributed by atoms with Crippen LogP contribution in [0.3, 0.4) is 0 Å². The molecule has 1 fully saturated rings. The number of halogens is 2. The molecular weight excluding hydrogens is 243 g/mol. The summed E-state index contributed by atoms with van der Waals surface area (Å²) in [4.78, 5) is 4.21. The zero-order valence-corrected chi connectivity index (χ0v) is 10.6. The molecule has 0 aliphatic heterocycles. The van der Waals surface area contributed by atoms with Crippen LogP contribution in [-0.2, 0) is 0 Å². The van der Waals surface area contributed by atoms with Gasteiger partial charge in [-0.15, -0.1) is 11.6 Å². The van der Waals surface area contributed by atoms with E-state index in [9.17, 15) is 0 Å². The summed E-state index contributed by atoms with van der Waals surface area (Å²) < 4.78 is 0. The van der Waals surface area contributed by atoms with Gasteiger partial charge in [0.2, 0.25) is 0 Å². The van der Waals surface area contributed by atoms with Gasteiger partial charge >= 0.3 is 0 Å². The fourth-order valence-corrected chi connectivity index (χ4v) is 2.42. The molecule has 1 aliphatic rings. The minimum atomic E-state index is 0.393. The monoisotopic (exact) mass is 258 g/mol. The van der Waals surface area contributed by atoms with E-state index in [4.69, 9.17) is 23.2 Å². The molecule has 16 heavy (non-hydrogen) atoms. The van der Waals surface area contributed by atoms with E-state index >= 15 is 0 Å². The Bertz CT molecular complexity index is 318. The Kier molecular flexibility index (Phi) is 4.30. The predicted molar refractivity (Wildman–Crippen MR) is 69.3 cm³/mol. The molecule has 0 aromatic carbocycles. The number of nitrogens with one attached hydrogen (secondary N) is 1. The first-order valence-corrected chi connectivity index (χ1v) is 6.55. The van der Waals surface area contributed by atoms with Crippen molar-refractivity contribution in [3.8, 4) is 0 Å². The Balaban J connectivity index is 1.77. The largest absolute Gasteiger partial charge is 0.370 e. The lowest BCUT2D eigenvalue weighted by molar-refractivity contribution is 0.377. The second kappa shape index (κ2) is 5.74. The molecule has 0 amide bonds. The Morgan fingerprint density at radius 2 is 2.00 bits per heavy atom. The molecule has 1 aromatic heterocycles. The molecule has 0 atom stereocenters. The molecule has 1 heterocycles. The van der Waals surface area contributed by atoms with Crippen LogP contribution in [0.25, 0.3) is 0 Å². The van der Waals surface area contributed by atoms with Crippen LogP contribution in [-0.4, -0.2) is 16.9 Å². The number of rotatable bonds is 3. The first-order valence-electron chi connectivity index (χ1n) is 5.73. The summed E-state index contributed by atoms with van der Waals surface area (Å²) in [7, 11) is 0. The lowest BCUT2D eigenvalue weighted by Gasteiger charge is -2.25. The standard InChI is InChI=1S/C12H16Cl2N2/c13-10-3-1-9(2-4-10)7-15-12-6-5-11(14)8-16-12/h5-6,8-10H,1-4,7H2,(H,15,16). The zero-order valence-electron chi connectivity index (χ0n) is 9.13. The summed E-state index contributed by atoms with van der Waals surface area (Å²) in [6, 6.07) is 3.77. The van der Waals surface area contributed by atoms with Crippen LogP contribution >= 0.6 is 23.2 Å². The number of hydrogen-bond donors (Lipinski definition) is 1. The van der Waals surface area contributed by atoms with Crippen LogP contribution in [0.2, 0.25) is 5.02 Å². The number of anilines is 1. The van der Waals surface area contributed by atoms with Crippen LogP contribution < -0.4 is 5.32 Å². The van der Waals surface area contributed by atoms with Gasteiger partial charge in [-0.2, -0.15) is 0 Å². The number of alkyl halides is 1. The van der Waals surface area contributed by atoms with Gasteiger partial charge in [0.05, 0.1) is 5.02 Å². The highest BCUT2D eigenvalue weighted by Gasteiger charge is 2.19. The van der Waals surface area contributed by atoms with Gasteiger partial charge in [-0.1, -0.05) is 11.6 Å². The van der Waals surface area contributed by atoms with Gasteiger partial charge in [-0.05, 0) is 43.7 Å². The molecule has 0 bridgehead atoms. The first kappa shape index (κ1) is 12.0. The smallest absolute Gasteiger partial charge is 0.125 e. The Hall–Kier alpha value is -0.470. The van der Waals surface area contributed by atoms with Crippen molar-refractivity contribution in [2.45, 2.75) is 31.1 Å². The van der Waals surface area contributed by atoms with Crippen molar-refractivity contribution in [2.24, 2.45) is 5.92 Å². The number of hydrogen-bond acceptors (Lipinski definition) is 2. The highest BCUT2D eigenvalue weighted by Crippen LogP contribution is 2.27. The topological polar surface area (TPSA) is 24.9 Å². The second-order valence-corrected chi connectivity index (χ2v) is 5.41. The molecule has 0 saturated heterocycles. The molecule has 4 heteroatoms. The van der Waals surface area contributed by atoms with Crippen LogP contribution in [0, 0.1) is 5.92 Å². The lowest BCUT2D eigenvalue weighted by Crippen LogP contribution is -2.21. The molecule has 1 N–H and O–H groups in total. The molecule has 0 unspecified atom stereocenters. The molecular formula is C12H16Cl2N2. The van der Waals surface area contributed by atoms with Crippen LogP contribution in [0.5, 0.6) is 0 Å². The highest BCUT2D eigenvalue weighted by atomic mass is 35.5. The van der Waals surface area contributed by atoms with Crippen molar-refractivity contribution in [3.63, 3.8) is 0 Å². The van der Waals surface area contributed by atoms with E-state index in [0.717, 1.165) is 31.1 Å². The average molecular weight is 259 g/mol. The fraction of sp³-hybridized carbons (Fsp3) is 0.583. The van der Waals surface area contributed by atoms with Crippen LogP contribution in [0.15, 0.2) is 18.3 Å². The van der Waals surface area contributed by atoms with Crippen molar-refractivity contribution >= 4 is 29.0 Å². The molecule has 0 spiro atoms. The summed E-state index contributed by atoms with van der Waals surface area (Å²) in [5, 5.41) is 4.41. The van der Waals surface area contributed by atoms with E-state index in [1.54, 1.807) is 6.20 Å². The summed E-state index contributed by atoms with van der Waals surface area (Å²) in [5.41, 5.74) is 0. The van der Waals surface area contributed by atoms with Gasteiger partial charge in [0.15, 0.2) is 0 Å². The van der Waals surface area contributed by atoms with E-state index in [0.29, 0.717) is 10.4 Å². The van der Waals surface area contributed by atoms with E-state index in [2.05, 4.69) is 10.3 Å². The molecule has 2 rings (SSSR count). The maximum Gasteiger partial charge on any atom is 0.125 e. The summed E-state index contributed by atoms with van der Waals surface area (Å²) in [6.45, 7) is 0.984. The molecule has 1 aliphatic carbocycles. The third-order valence-corrected chi connectivity index (χ3v) is 3.74. The number of aromatic nitrogens is 1. The minimum absolute atomic E-state index is 0.393. The molecule has 1 aromatic rings. The highest BCUT2D eigenvalue weighted by molar-refractivity contribution is 6.30. The third kappa shape index (κ3) is 3.53. The van der Waals surface area contributed by atoms with Crippen molar-refractivity contribution in [3.05, 3.63) is 23.4 Å². The summed E-state index contributed by atoms with van der Waals surface area (Å²) in [5.74, 6) is 1.63. The minimum Gasteiger partial charge on any atom is -0.370 e. The van der Waals surface area contributed by atoms with Gasteiger partial charge in [0.1, 0.15) is 5.82 Å². The zero-order chi connectivity index (χ0) is 11.4. The Morgan fingerprint density at radius 1 is 1.25 bits per heavy atom. The number of nitrogens with zero attached hydrogens (tertiary/aromatic N) is 1. The normalized spacial score (nSPS) is 25.4.